The molecule has 0 spiro atoms. The summed E-state index contributed by atoms with van der Waals surface area (Å²) in [5.41, 5.74) is 2.67. The van der Waals surface area contributed by atoms with Crippen LogP contribution in [0.25, 0.3) is 11.1 Å². The molecule has 3 rings (SSSR count). The van der Waals surface area contributed by atoms with Crippen molar-refractivity contribution in [3.8, 4) is 0 Å². The molecular weight excluding hydrogens is 399 g/mol. The summed E-state index contributed by atoms with van der Waals surface area (Å²) in [7, 11) is -3.29. The second-order valence-electron chi connectivity index (χ2n) is 7.74. The van der Waals surface area contributed by atoms with Crippen molar-refractivity contribution in [1.29, 1.82) is 0 Å². The monoisotopic (exact) mass is 423 g/mol. The third kappa shape index (κ3) is 4.39. The lowest BCUT2D eigenvalue weighted by atomic mass is 9.78. The van der Waals surface area contributed by atoms with Gasteiger partial charge in [0.1, 0.15) is 0 Å². The molecule has 1 aliphatic carbocycles. The lowest BCUT2D eigenvalue weighted by Crippen LogP contribution is -2.14. The number of nitrogens with zero attached hydrogens (tertiary/aromatic N) is 1. The zero-order valence-corrected chi connectivity index (χ0v) is 17.5. The number of aromatic nitrogens is 1. The molecule has 156 valence electrons. The van der Waals surface area contributed by atoms with Crippen LogP contribution in [0.2, 0.25) is 0 Å². The van der Waals surface area contributed by atoms with Gasteiger partial charge in [-0.25, -0.2) is 8.42 Å². The van der Waals surface area contributed by atoms with Crippen LogP contribution in [0.15, 0.2) is 47.5 Å². The molecule has 0 amide bonds. The van der Waals surface area contributed by atoms with Crippen LogP contribution in [0.3, 0.4) is 0 Å². The Morgan fingerprint density at radius 3 is 2.00 bits per heavy atom. The summed E-state index contributed by atoms with van der Waals surface area (Å²) in [6, 6.07) is 9.21. The van der Waals surface area contributed by atoms with Gasteiger partial charge in [0.2, 0.25) is 0 Å². The highest BCUT2D eigenvalue weighted by Crippen LogP contribution is 2.53. The molecule has 0 atom stereocenters. The van der Waals surface area contributed by atoms with Gasteiger partial charge in [-0.05, 0) is 72.1 Å². The molecule has 1 aliphatic rings. The number of allylic oxidation sites excluding steroid dienone is 2. The van der Waals surface area contributed by atoms with E-state index in [-0.39, 0.29) is 10.3 Å². The summed E-state index contributed by atoms with van der Waals surface area (Å²) < 4.78 is 62.2. The van der Waals surface area contributed by atoms with Crippen molar-refractivity contribution in [3.63, 3.8) is 0 Å². The summed E-state index contributed by atoms with van der Waals surface area (Å²) >= 11 is 0. The minimum Gasteiger partial charge on any atom is -0.256 e. The third-order valence-electron chi connectivity index (χ3n) is 6.00. The van der Waals surface area contributed by atoms with E-state index in [2.05, 4.69) is 18.8 Å². The maximum absolute atomic E-state index is 12.9. The van der Waals surface area contributed by atoms with Crippen LogP contribution in [-0.2, 0) is 16.0 Å². The van der Waals surface area contributed by atoms with Crippen LogP contribution < -0.4 is 0 Å². The van der Waals surface area contributed by atoms with Gasteiger partial charge in [-0.15, -0.1) is 0 Å². The van der Waals surface area contributed by atoms with Gasteiger partial charge in [0.05, 0.1) is 16.2 Å². The molecule has 0 aliphatic heterocycles. The number of hydrogen-bond acceptors (Lipinski definition) is 3. The lowest BCUT2D eigenvalue weighted by Gasteiger charge is -2.26. The van der Waals surface area contributed by atoms with Gasteiger partial charge in [0.25, 0.3) is 0 Å². The second-order valence-corrected chi connectivity index (χ2v) is 9.76. The first-order valence-electron chi connectivity index (χ1n) is 9.55. The first kappa shape index (κ1) is 21.6. The fourth-order valence-corrected chi connectivity index (χ4v) is 4.57. The highest BCUT2D eigenvalue weighted by Gasteiger charge is 2.38. The fourth-order valence-electron chi connectivity index (χ4n) is 3.94. The standard InChI is InChI=1S/C22H24F3NO2S/c1-4-21(5-2)12-18(15-6-9-17(10-7-15)29(3,27)28)19(13-21)20-11-8-16(14-26-20)22(23,24)25/h6-11,14H,4-5,12-13H2,1-3H3. The average Bonchev–Trinajstić information content (AvgIpc) is 3.07. The Bertz CT molecular complexity index is 1020. The molecule has 29 heavy (non-hydrogen) atoms. The Labute approximate surface area is 169 Å². The fraction of sp³-hybridized carbons (Fsp3) is 0.409. The smallest absolute Gasteiger partial charge is 0.256 e. The highest BCUT2D eigenvalue weighted by molar-refractivity contribution is 7.90. The van der Waals surface area contributed by atoms with E-state index < -0.39 is 21.6 Å². The quantitative estimate of drug-likeness (QED) is 0.591. The van der Waals surface area contributed by atoms with Crippen molar-refractivity contribution in [2.24, 2.45) is 5.41 Å². The van der Waals surface area contributed by atoms with Crippen molar-refractivity contribution >= 4 is 21.0 Å². The topological polar surface area (TPSA) is 47.0 Å². The summed E-state index contributed by atoms with van der Waals surface area (Å²) in [5, 5.41) is 0. The van der Waals surface area contributed by atoms with Gasteiger partial charge < -0.3 is 0 Å². The van der Waals surface area contributed by atoms with Gasteiger partial charge >= 0.3 is 6.18 Å². The number of rotatable bonds is 5. The molecule has 0 saturated carbocycles. The van der Waals surface area contributed by atoms with Crippen LogP contribution in [0.4, 0.5) is 13.2 Å². The minimum atomic E-state index is -4.42. The van der Waals surface area contributed by atoms with Crippen LogP contribution in [0.1, 0.15) is 56.4 Å². The van der Waals surface area contributed by atoms with E-state index in [9.17, 15) is 21.6 Å². The van der Waals surface area contributed by atoms with Crippen molar-refractivity contribution in [1.82, 2.24) is 4.98 Å². The molecular formula is C22H24F3NO2S. The molecule has 0 saturated heterocycles. The Hall–Kier alpha value is -2.15. The third-order valence-corrected chi connectivity index (χ3v) is 7.13. The van der Waals surface area contributed by atoms with Gasteiger partial charge in [-0.1, -0.05) is 26.0 Å². The van der Waals surface area contributed by atoms with E-state index in [0.29, 0.717) is 5.69 Å². The number of benzene rings is 1. The highest BCUT2D eigenvalue weighted by atomic mass is 32.2. The molecule has 1 aromatic carbocycles. The Morgan fingerprint density at radius 1 is 0.966 bits per heavy atom. The van der Waals surface area contributed by atoms with Crippen LogP contribution in [0, 0.1) is 5.41 Å². The number of hydrogen-bond donors (Lipinski definition) is 0. The van der Waals surface area contributed by atoms with E-state index in [1.165, 1.54) is 6.07 Å². The van der Waals surface area contributed by atoms with Crippen molar-refractivity contribution in [2.45, 2.75) is 50.6 Å². The first-order valence-corrected chi connectivity index (χ1v) is 11.4. The number of sulfone groups is 1. The molecule has 0 fully saturated rings. The zero-order chi connectivity index (χ0) is 21.4. The molecule has 0 N–H and O–H groups in total. The van der Waals surface area contributed by atoms with Gasteiger partial charge in [0.15, 0.2) is 9.84 Å². The van der Waals surface area contributed by atoms with Gasteiger partial charge in [-0.3, -0.25) is 4.98 Å². The van der Waals surface area contributed by atoms with Gasteiger partial charge in [-0.2, -0.15) is 13.2 Å². The van der Waals surface area contributed by atoms with Crippen LogP contribution >= 0.6 is 0 Å². The van der Waals surface area contributed by atoms with Crippen LogP contribution in [0.5, 0.6) is 0 Å². The molecule has 2 aromatic rings. The van der Waals surface area contributed by atoms with E-state index in [0.717, 1.165) is 60.9 Å². The maximum Gasteiger partial charge on any atom is 0.417 e. The normalized spacial score (nSPS) is 17.0. The maximum atomic E-state index is 12.9. The summed E-state index contributed by atoms with van der Waals surface area (Å²) in [6.07, 6.45) is 1.03. The number of alkyl halides is 3. The summed E-state index contributed by atoms with van der Waals surface area (Å²) in [5.74, 6) is 0. The Morgan fingerprint density at radius 2 is 1.55 bits per heavy atom. The van der Waals surface area contributed by atoms with Gasteiger partial charge in [0, 0.05) is 12.5 Å². The molecule has 1 heterocycles. The number of pyridine rings is 1. The largest absolute Gasteiger partial charge is 0.417 e. The average molecular weight is 424 g/mol. The number of halogens is 3. The predicted molar refractivity (Wildman–Crippen MR) is 108 cm³/mol. The minimum absolute atomic E-state index is 0.0323. The second kappa shape index (κ2) is 7.59. The Balaban J connectivity index is 2.08. The summed E-state index contributed by atoms with van der Waals surface area (Å²) in [4.78, 5) is 4.36. The lowest BCUT2D eigenvalue weighted by molar-refractivity contribution is -0.137. The molecule has 3 nitrogen and oxygen atoms in total. The molecule has 1 aromatic heterocycles. The molecule has 7 heteroatoms. The zero-order valence-electron chi connectivity index (χ0n) is 16.7. The summed E-state index contributed by atoms with van der Waals surface area (Å²) in [6.45, 7) is 4.24. The SMILES string of the molecule is CCC1(CC)CC(c2ccc(S(C)(=O)=O)cc2)=C(c2ccc(C(F)(F)F)cn2)C1. The first-order chi connectivity index (χ1) is 13.5. The molecule has 0 unspecified atom stereocenters. The van der Waals surface area contributed by atoms with Crippen molar-refractivity contribution in [2.75, 3.05) is 6.26 Å². The van der Waals surface area contributed by atoms with E-state index in [1.54, 1.807) is 24.3 Å². The van der Waals surface area contributed by atoms with Crippen LogP contribution in [-0.4, -0.2) is 19.7 Å². The van der Waals surface area contributed by atoms with E-state index >= 15 is 0 Å². The predicted octanol–water partition coefficient (Wildman–Crippen LogP) is 6.01. The van der Waals surface area contributed by atoms with Crippen molar-refractivity contribution < 1.29 is 21.6 Å². The molecule has 0 radical (unpaired) electrons. The van der Waals surface area contributed by atoms with E-state index in [4.69, 9.17) is 0 Å². The van der Waals surface area contributed by atoms with E-state index in [1.807, 2.05) is 0 Å². The molecule has 0 bridgehead atoms. The Kier molecular flexibility index (Phi) is 5.64. The van der Waals surface area contributed by atoms with Crippen molar-refractivity contribution in [3.05, 3.63) is 59.4 Å².